The summed E-state index contributed by atoms with van der Waals surface area (Å²) >= 11 is 0. The molecule has 0 N–H and O–H groups in total. The van der Waals surface area contributed by atoms with Gasteiger partial charge in [-0.05, 0) is 19.3 Å². The van der Waals surface area contributed by atoms with E-state index >= 15 is 0 Å². The quantitative estimate of drug-likeness (QED) is 0.179. The van der Waals surface area contributed by atoms with Crippen LogP contribution in [0, 0.1) is 0 Å². The second-order valence-corrected chi connectivity index (χ2v) is 8.40. The van der Waals surface area contributed by atoms with E-state index in [2.05, 4.69) is 130 Å². The summed E-state index contributed by atoms with van der Waals surface area (Å²) < 4.78 is 0. The summed E-state index contributed by atoms with van der Waals surface area (Å²) in [6.07, 6.45) is 3.38. The molecule has 0 radical (unpaired) electrons. The summed E-state index contributed by atoms with van der Waals surface area (Å²) in [5.74, 6) is 0. The van der Waals surface area contributed by atoms with Gasteiger partial charge in [0.2, 0.25) is 0 Å². The Kier molecular flexibility index (Phi) is 25.3. The number of aryl methyl sites for hydroxylation is 3. The molecule has 0 unspecified atom stereocenters. The third-order valence-electron chi connectivity index (χ3n) is 6.45. The Morgan fingerprint density at radius 3 is 0.897 bits per heavy atom. The van der Waals surface area contributed by atoms with Gasteiger partial charge in [0, 0.05) is 0 Å². The number of rotatable bonds is 3. The molecule has 0 heterocycles. The summed E-state index contributed by atoms with van der Waals surface area (Å²) in [6.45, 7) is 6.59. The Labute approximate surface area is 310 Å². The van der Waals surface area contributed by atoms with E-state index in [0.29, 0.717) is 0 Å². The first-order valence-electron chi connectivity index (χ1n) is 12.1. The molecule has 6 heteroatoms. The van der Waals surface area contributed by atoms with Gasteiger partial charge in [0.15, 0.2) is 0 Å². The molecule has 0 bridgehead atoms. The fourth-order valence-corrected chi connectivity index (χ4v) is 4.61. The average molecular weight is 813 g/mol. The molecule has 0 aromatic heterocycles. The maximum absolute atomic E-state index is 2.20. The van der Waals surface area contributed by atoms with Gasteiger partial charge >= 0.3 is 65.2 Å². The van der Waals surface area contributed by atoms with E-state index in [1.807, 2.05) is 0 Å². The minimum absolute atomic E-state index is 0. The SMILES string of the molecule is CCc1cccc2[cH-]ccc12.CCc1cccc2[cH-]ccc12.CCc1cccc2[cH-]ccc12.[Br-].[Br-].[Br-].[Ti+2].[Ti+2].[Ti+2]. The van der Waals surface area contributed by atoms with Crippen LogP contribution >= 0.6 is 0 Å². The van der Waals surface area contributed by atoms with Gasteiger partial charge in [0.05, 0.1) is 0 Å². The van der Waals surface area contributed by atoms with Crippen molar-refractivity contribution in [1.29, 1.82) is 0 Å². The predicted octanol–water partition coefficient (Wildman–Crippen LogP) is 0.368. The molecule has 0 saturated carbocycles. The number of benzene rings is 3. The third kappa shape index (κ3) is 11.3. The van der Waals surface area contributed by atoms with Crippen LogP contribution in [0.3, 0.4) is 0 Å². The van der Waals surface area contributed by atoms with Crippen LogP contribution in [0.2, 0.25) is 0 Å². The van der Waals surface area contributed by atoms with Crippen molar-refractivity contribution in [2.24, 2.45) is 0 Å². The molecule has 0 atom stereocenters. The van der Waals surface area contributed by atoms with Crippen molar-refractivity contribution in [3.8, 4) is 0 Å². The molecular weight excluding hydrogens is 780 g/mol. The van der Waals surface area contributed by atoms with Gasteiger partial charge in [0.25, 0.3) is 0 Å². The van der Waals surface area contributed by atoms with Gasteiger partial charge in [-0.25, -0.2) is 0 Å². The minimum Gasteiger partial charge on any atom is -1.00 e. The molecule has 0 nitrogen and oxygen atoms in total. The van der Waals surface area contributed by atoms with Crippen molar-refractivity contribution >= 4 is 32.3 Å². The van der Waals surface area contributed by atoms with Crippen LogP contribution in [0.4, 0.5) is 0 Å². The van der Waals surface area contributed by atoms with Gasteiger partial charge in [-0.1, -0.05) is 55.7 Å². The zero-order valence-electron chi connectivity index (χ0n) is 22.6. The Morgan fingerprint density at radius 1 is 0.410 bits per heavy atom. The molecule has 0 aliphatic carbocycles. The van der Waals surface area contributed by atoms with Gasteiger partial charge in [-0.15, -0.1) is 86.9 Å². The van der Waals surface area contributed by atoms with Crippen molar-refractivity contribution in [3.05, 3.63) is 126 Å². The summed E-state index contributed by atoms with van der Waals surface area (Å²) in [4.78, 5) is 0. The molecule has 0 aliphatic rings. The van der Waals surface area contributed by atoms with Crippen molar-refractivity contribution < 1.29 is 116 Å². The van der Waals surface area contributed by atoms with E-state index < -0.39 is 0 Å². The number of halogens is 3. The normalized spacial score (nSPS) is 9.00. The van der Waals surface area contributed by atoms with Crippen LogP contribution in [-0.4, -0.2) is 0 Å². The Bertz CT molecular complexity index is 1270. The molecule has 0 saturated heterocycles. The largest absolute Gasteiger partial charge is 2.00 e. The molecule has 6 rings (SSSR count). The fraction of sp³-hybridized carbons (Fsp3) is 0.182. The summed E-state index contributed by atoms with van der Waals surface area (Å²) in [7, 11) is 0. The Morgan fingerprint density at radius 2 is 0.667 bits per heavy atom. The van der Waals surface area contributed by atoms with Crippen LogP contribution in [0.25, 0.3) is 32.3 Å². The third-order valence-corrected chi connectivity index (χ3v) is 6.45. The molecule has 6 aromatic carbocycles. The van der Waals surface area contributed by atoms with E-state index in [0.717, 1.165) is 19.3 Å². The summed E-state index contributed by atoms with van der Waals surface area (Å²) in [6, 6.07) is 38.8. The first-order chi connectivity index (χ1) is 16.2. The van der Waals surface area contributed by atoms with E-state index in [-0.39, 0.29) is 116 Å². The predicted molar refractivity (Wildman–Crippen MR) is 147 cm³/mol. The van der Waals surface area contributed by atoms with Gasteiger partial charge in [-0.3, -0.25) is 0 Å². The first-order valence-corrected chi connectivity index (χ1v) is 12.1. The molecule has 198 valence electrons. The molecule has 0 spiro atoms. The van der Waals surface area contributed by atoms with Crippen molar-refractivity contribution in [2.75, 3.05) is 0 Å². The van der Waals surface area contributed by atoms with E-state index in [4.69, 9.17) is 0 Å². The van der Waals surface area contributed by atoms with Crippen LogP contribution in [0.1, 0.15) is 37.5 Å². The molecule has 6 aromatic rings. The monoisotopic (exact) mass is 810 g/mol. The maximum atomic E-state index is 2.20. The molecular formula is C33H33Br3Ti3. The molecule has 39 heavy (non-hydrogen) atoms. The van der Waals surface area contributed by atoms with Gasteiger partial charge in [-0.2, -0.15) is 36.4 Å². The van der Waals surface area contributed by atoms with Gasteiger partial charge in [0.1, 0.15) is 0 Å². The Balaban J connectivity index is -0.000000463. The number of hydrogen-bond acceptors (Lipinski definition) is 0. The summed E-state index contributed by atoms with van der Waals surface area (Å²) in [5.41, 5.74) is 4.35. The standard InChI is InChI=1S/3C11H11.3BrH.3Ti/c3*1-2-9-5-3-6-10-7-4-8-11(9)10;;;;;;/h3*3-8H,2H2,1H3;3*1H;;;/q3*-1;;;;3*+2/p-3. The fourth-order valence-electron chi connectivity index (χ4n) is 4.61. The number of fused-ring (bicyclic) bond motifs is 3. The van der Waals surface area contributed by atoms with E-state index in [1.54, 1.807) is 0 Å². The van der Waals surface area contributed by atoms with Crippen LogP contribution in [0.15, 0.2) is 109 Å². The molecule has 0 aliphatic heterocycles. The molecule has 0 amide bonds. The topological polar surface area (TPSA) is 0 Å². The number of hydrogen-bond donors (Lipinski definition) is 0. The van der Waals surface area contributed by atoms with Crippen molar-refractivity contribution in [3.63, 3.8) is 0 Å². The van der Waals surface area contributed by atoms with E-state index in [9.17, 15) is 0 Å². The zero-order chi connectivity index (χ0) is 23.0. The summed E-state index contributed by atoms with van der Waals surface area (Å²) in [5, 5.41) is 8.33. The average Bonchev–Trinajstić information content (AvgIpc) is 3.63. The van der Waals surface area contributed by atoms with Gasteiger partial charge < -0.3 is 50.9 Å². The smallest absolute Gasteiger partial charge is 1.00 e. The molecule has 0 fully saturated rings. The second-order valence-electron chi connectivity index (χ2n) is 8.40. The van der Waals surface area contributed by atoms with Crippen molar-refractivity contribution in [1.82, 2.24) is 0 Å². The van der Waals surface area contributed by atoms with E-state index in [1.165, 1.54) is 49.0 Å². The maximum Gasteiger partial charge on any atom is 2.00 e. The Hall–Kier alpha value is 0.0729. The second kappa shape index (κ2) is 22.6. The van der Waals surface area contributed by atoms with Crippen molar-refractivity contribution in [2.45, 2.75) is 40.0 Å². The first kappa shape index (κ1) is 43.5. The van der Waals surface area contributed by atoms with Crippen LogP contribution in [-0.2, 0) is 84.4 Å². The minimum atomic E-state index is 0. The van der Waals surface area contributed by atoms with Crippen LogP contribution < -0.4 is 50.9 Å². The van der Waals surface area contributed by atoms with Crippen LogP contribution in [0.5, 0.6) is 0 Å². The zero-order valence-corrected chi connectivity index (χ0v) is 32.1.